The van der Waals surface area contributed by atoms with E-state index >= 15 is 0 Å². The summed E-state index contributed by atoms with van der Waals surface area (Å²) in [4.78, 5) is 22.5. The molecule has 0 spiro atoms. The number of carbonyl (C=O) groups excluding carboxylic acids is 1. The molecule has 186 valence electrons. The number of fused-ring (bicyclic) bond motifs is 5. The number of hydrogen-bond donors (Lipinski definition) is 3. The molecule has 7 unspecified atom stereocenters. The van der Waals surface area contributed by atoms with E-state index < -0.39 is 5.60 Å². The first-order chi connectivity index (χ1) is 16.8. The lowest BCUT2D eigenvalue weighted by molar-refractivity contribution is -0.116. The van der Waals surface area contributed by atoms with Gasteiger partial charge in [-0.2, -0.15) is 0 Å². The second kappa shape index (κ2) is 8.41. The fourth-order valence-corrected chi connectivity index (χ4v) is 8.73. The molecule has 1 amide bonds. The highest BCUT2D eigenvalue weighted by molar-refractivity contribution is 7.15. The van der Waals surface area contributed by atoms with Crippen LogP contribution in [-0.2, 0) is 11.2 Å². The summed E-state index contributed by atoms with van der Waals surface area (Å²) in [5.41, 5.74) is 1.76. The van der Waals surface area contributed by atoms with Crippen molar-refractivity contribution in [2.45, 2.75) is 82.8 Å². The lowest BCUT2D eigenvalue weighted by Crippen LogP contribution is -2.51. The molecule has 35 heavy (non-hydrogen) atoms. The lowest BCUT2D eigenvalue weighted by atomic mass is 9.51. The number of amides is 1. The molecule has 2 heterocycles. The van der Waals surface area contributed by atoms with E-state index in [2.05, 4.69) is 28.3 Å². The fraction of sp³-hybridized carbons (Fsp3) is 0.607. The van der Waals surface area contributed by atoms with Gasteiger partial charge in [0.15, 0.2) is 5.13 Å². The first kappa shape index (κ1) is 23.2. The summed E-state index contributed by atoms with van der Waals surface area (Å²) in [5, 5.41) is 25.8. The van der Waals surface area contributed by atoms with Gasteiger partial charge in [-0.25, -0.2) is 4.98 Å². The van der Waals surface area contributed by atoms with Crippen LogP contribution in [0.3, 0.4) is 0 Å². The number of nitrogens with one attached hydrogen (secondary N) is 1. The maximum absolute atomic E-state index is 12.8. The molecule has 7 atom stereocenters. The van der Waals surface area contributed by atoms with Crippen LogP contribution in [0.15, 0.2) is 29.4 Å². The van der Waals surface area contributed by atoms with Crippen LogP contribution in [0.4, 0.5) is 5.13 Å². The van der Waals surface area contributed by atoms with E-state index in [0.717, 1.165) is 43.4 Å². The number of benzene rings is 1. The number of aromatic hydroxyl groups is 1. The van der Waals surface area contributed by atoms with Crippen LogP contribution in [0.1, 0.15) is 73.8 Å². The highest BCUT2D eigenvalue weighted by Gasteiger charge is 2.65. The van der Waals surface area contributed by atoms with Crippen LogP contribution < -0.4 is 5.32 Å². The first-order valence-corrected chi connectivity index (χ1v) is 13.9. The predicted octanol–water partition coefficient (Wildman–Crippen LogP) is 5.23. The number of phenols is 1. The van der Waals surface area contributed by atoms with Crippen molar-refractivity contribution in [3.63, 3.8) is 0 Å². The third-order valence-electron chi connectivity index (χ3n) is 9.65. The van der Waals surface area contributed by atoms with Gasteiger partial charge in [-0.05, 0) is 97.8 Å². The van der Waals surface area contributed by atoms with E-state index in [-0.39, 0.29) is 17.4 Å². The van der Waals surface area contributed by atoms with Crippen molar-refractivity contribution in [3.05, 3.63) is 40.4 Å². The third kappa shape index (κ3) is 4.01. The zero-order valence-electron chi connectivity index (χ0n) is 20.5. The van der Waals surface area contributed by atoms with Gasteiger partial charge >= 0.3 is 0 Å². The molecule has 1 aromatic carbocycles. The van der Waals surface area contributed by atoms with E-state index in [0.29, 0.717) is 47.4 Å². The molecule has 0 radical (unpaired) electrons. The minimum atomic E-state index is -0.743. The molecule has 3 aliphatic carbocycles. The summed E-state index contributed by atoms with van der Waals surface area (Å²) >= 11 is 1.50. The quantitative estimate of drug-likeness (QED) is 0.513. The SMILES string of the molecule is Cc1cnc(NC(=O)CCC2CC(O)(CC3C=N3)C3(C)CCC4c5ccc(O)cc5CCC4C23)s1. The van der Waals surface area contributed by atoms with Crippen LogP contribution in [0.25, 0.3) is 0 Å². The highest BCUT2D eigenvalue weighted by Crippen LogP contribution is 2.68. The minimum Gasteiger partial charge on any atom is -0.508 e. The van der Waals surface area contributed by atoms with Crippen molar-refractivity contribution < 1.29 is 15.0 Å². The maximum Gasteiger partial charge on any atom is 0.226 e. The third-order valence-corrected chi connectivity index (χ3v) is 10.5. The van der Waals surface area contributed by atoms with Crippen molar-refractivity contribution in [2.75, 3.05) is 5.32 Å². The molecule has 6 rings (SSSR count). The van der Waals surface area contributed by atoms with Crippen molar-refractivity contribution >= 4 is 28.6 Å². The Morgan fingerprint density at radius 2 is 2.14 bits per heavy atom. The monoisotopic (exact) mass is 493 g/mol. The van der Waals surface area contributed by atoms with Gasteiger partial charge in [0, 0.05) is 30.1 Å². The second-order valence-corrected chi connectivity index (χ2v) is 12.8. The van der Waals surface area contributed by atoms with Crippen molar-refractivity contribution in [1.82, 2.24) is 4.98 Å². The van der Waals surface area contributed by atoms with E-state index in [4.69, 9.17) is 0 Å². The normalized spacial score (nSPS) is 36.8. The van der Waals surface area contributed by atoms with E-state index in [1.165, 1.54) is 22.5 Å². The molecule has 1 aromatic heterocycles. The number of rotatable bonds is 6. The van der Waals surface area contributed by atoms with Gasteiger partial charge in [-0.3, -0.25) is 9.79 Å². The Labute approximate surface area is 210 Å². The number of nitrogens with zero attached hydrogens (tertiary/aromatic N) is 2. The average molecular weight is 494 g/mol. The smallest absolute Gasteiger partial charge is 0.226 e. The Morgan fingerprint density at radius 1 is 1.31 bits per heavy atom. The van der Waals surface area contributed by atoms with Crippen LogP contribution in [0, 0.1) is 30.1 Å². The highest BCUT2D eigenvalue weighted by atomic mass is 32.1. The van der Waals surface area contributed by atoms with Crippen LogP contribution in [0.2, 0.25) is 0 Å². The Hall–Kier alpha value is -2.25. The van der Waals surface area contributed by atoms with Crippen LogP contribution in [-0.4, -0.2) is 39.0 Å². The summed E-state index contributed by atoms with van der Waals surface area (Å²) < 4.78 is 0. The lowest BCUT2D eigenvalue weighted by Gasteiger charge is -2.54. The molecular weight excluding hydrogens is 458 g/mol. The number of aromatic nitrogens is 1. The molecule has 2 saturated carbocycles. The summed E-state index contributed by atoms with van der Waals surface area (Å²) in [6, 6.07) is 6.08. The molecule has 0 bridgehead atoms. The Morgan fingerprint density at radius 3 is 2.89 bits per heavy atom. The predicted molar refractivity (Wildman–Crippen MR) is 138 cm³/mol. The molecule has 2 aromatic rings. The number of aryl methyl sites for hydroxylation is 2. The van der Waals surface area contributed by atoms with Crippen molar-refractivity contribution in [2.24, 2.45) is 28.2 Å². The number of phenolic OH excluding ortho intramolecular Hbond substituents is 1. The Balaban J connectivity index is 1.26. The van der Waals surface area contributed by atoms with Crippen molar-refractivity contribution in [3.8, 4) is 5.75 Å². The first-order valence-electron chi connectivity index (χ1n) is 13.1. The van der Waals surface area contributed by atoms with Gasteiger partial charge in [-0.1, -0.05) is 13.0 Å². The summed E-state index contributed by atoms with van der Waals surface area (Å²) in [7, 11) is 0. The topological polar surface area (TPSA) is 94.8 Å². The number of thiazole rings is 1. The molecule has 4 aliphatic rings. The van der Waals surface area contributed by atoms with Crippen LogP contribution in [0.5, 0.6) is 5.75 Å². The zero-order chi connectivity index (χ0) is 24.4. The number of hydrogen-bond acceptors (Lipinski definition) is 6. The molecule has 1 aliphatic heterocycles. The molecule has 0 saturated heterocycles. The van der Waals surface area contributed by atoms with Gasteiger partial charge in [0.25, 0.3) is 0 Å². The second-order valence-electron chi connectivity index (χ2n) is 11.6. The fourth-order valence-electron chi connectivity index (χ4n) is 8.05. The van der Waals surface area contributed by atoms with Gasteiger partial charge in [-0.15, -0.1) is 11.3 Å². The molecular formula is C28H35N3O3S. The summed E-state index contributed by atoms with van der Waals surface area (Å²) in [6.45, 7) is 4.31. The molecule has 7 heteroatoms. The van der Waals surface area contributed by atoms with E-state index in [9.17, 15) is 15.0 Å². The summed E-state index contributed by atoms with van der Waals surface area (Å²) in [6.07, 6.45) is 10.6. The van der Waals surface area contributed by atoms with Crippen LogP contribution >= 0.6 is 11.3 Å². The van der Waals surface area contributed by atoms with Gasteiger partial charge in [0.05, 0.1) is 11.6 Å². The molecule has 2 fully saturated rings. The number of carbonyl (C=O) groups is 1. The standard InChI is InChI=1S/C28H35N3O3S/c1-16-14-30-26(35-16)31-24(33)8-4-18-12-28(34,13-19-15-29-19)27(2)10-9-22-21-7-5-20(32)11-17(21)3-6-23(22)25(18)27/h5,7,11,14-15,18-19,22-23,25,32,34H,3-4,6,8-10,12-13H2,1-2H3,(H,30,31,33). The maximum atomic E-state index is 12.8. The van der Waals surface area contributed by atoms with Gasteiger partial charge in [0.2, 0.25) is 5.91 Å². The van der Waals surface area contributed by atoms with Crippen molar-refractivity contribution in [1.29, 1.82) is 0 Å². The van der Waals surface area contributed by atoms with E-state index in [1.54, 1.807) is 6.20 Å². The Kier molecular flexibility index (Phi) is 5.57. The minimum absolute atomic E-state index is 0.0128. The van der Waals surface area contributed by atoms with E-state index in [1.807, 2.05) is 25.3 Å². The number of aliphatic hydroxyl groups is 1. The number of aliphatic imine (C=N–C) groups is 1. The number of anilines is 1. The Bertz CT molecular complexity index is 1170. The molecule has 6 nitrogen and oxygen atoms in total. The summed E-state index contributed by atoms with van der Waals surface area (Å²) in [5.74, 6) is 2.00. The zero-order valence-corrected chi connectivity index (χ0v) is 21.4. The van der Waals surface area contributed by atoms with Gasteiger partial charge in [0.1, 0.15) is 5.75 Å². The largest absolute Gasteiger partial charge is 0.508 e. The van der Waals surface area contributed by atoms with Gasteiger partial charge < -0.3 is 15.5 Å². The average Bonchev–Trinajstić information content (AvgIpc) is 3.48. The molecule has 3 N–H and O–H groups in total.